The summed E-state index contributed by atoms with van der Waals surface area (Å²) in [5.74, 6) is 0.310. The van der Waals surface area contributed by atoms with E-state index in [0.717, 1.165) is 5.52 Å². The van der Waals surface area contributed by atoms with Gasteiger partial charge in [-0.2, -0.15) is 0 Å². The molecule has 0 saturated carbocycles. The number of aromatic nitrogens is 2. The Bertz CT molecular complexity index is 554. The molecule has 0 bridgehead atoms. The van der Waals surface area contributed by atoms with Crippen molar-refractivity contribution in [3.63, 3.8) is 0 Å². The summed E-state index contributed by atoms with van der Waals surface area (Å²) < 4.78 is 2.03. The molecule has 3 nitrogen and oxygen atoms in total. The number of aryl methyl sites for hydroxylation is 1. The third kappa shape index (κ3) is 1.97. The molecular weight excluding hydrogens is 212 g/mol. The van der Waals surface area contributed by atoms with Gasteiger partial charge in [0.1, 0.15) is 0 Å². The van der Waals surface area contributed by atoms with Gasteiger partial charge in [-0.15, -0.1) is 0 Å². The van der Waals surface area contributed by atoms with Gasteiger partial charge in [0.15, 0.2) is 5.78 Å². The van der Waals surface area contributed by atoms with Crippen LogP contribution in [0.1, 0.15) is 32.4 Å². The normalized spacial score (nSPS) is 13.2. The van der Waals surface area contributed by atoms with Gasteiger partial charge in [0, 0.05) is 23.7 Å². The highest BCUT2D eigenvalue weighted by molar-refractivity contribution is 5.88. The SMILES string of the molecule is Cc1cn(C(C)C(=O)C(C)C)c2cnccc12. The van der Waals surface area contributed by atoms with E-state index < -0.39 is 0 Å². The van der Waals surface area contributed by atoms with Crippen LogP contribution in [-0.2, 0) is 4.79 Å². The fraction of sp³-hybridized carbons (Fsp3) is 0.429. The lowest BCUT2D eigenvalue weighted by atomic mass is 10.0. The third-order valence-electron chi connectivity index (χ3n) is 3.23. The summed E-state index contributed by atoms with van der Waals surface area (Å²) in [7, 11) is 0. The predicted octanol–water partition coefficient (Wildman–Crippen LogP) is 3.13. The summed E-state index contributed by atoms with van der Waals surface area (Å²) in [4.78, 5) is 16.2. The van der Waals surface area contributed by atoms with Crippen molar-refractivity contribution in [3.8, 4) is 0 Å². The Hall–Kier alpha value is -1.64. The molecule has 0 radical (unpaired) electrons. The summed E-state index contributed by atoms with van der Waals surface area (Å²) in [6.07, 6.45) is 5.65. The molecule has 0 aliphatic rings. The van der Waals surface area contributed by atoms with E-state index in [1.165, 1.54) is 10.9 Å². The molecular formula is C14H18N2O. The second-order valence-electron chi connectivity index (χ2n) is 4.85. The van der Waals surface area contributed by atoms with Gasteiger partial charge in [-0.3, -0.25) is 9.78 Å². The van der Waals surface area contributed by atoms with Crippen molar-refractivity contribution in [2.24, 2.45) is 5.92 Å². The van der Waals surface area contributed by atoms with Crippen LogP contribution >= 0.6 is 0 Å². The Morgan fingerprint density at radius 2 is 2.06 bits per heavy atom. The summed E-state index contributed by atoms with van der Waals surface area (Å²) in [5, 5.41) is 1.17. The first-order valence-electron chi connectivity index (χ1n) is 5.97. The average molecular weight is 230 g/mol. The summed E-state index contributed by atoms with van der Waals surface area (Å²) in [6, 6.07) is 1.86. The minimum Gasteiger partial charge on any atom is -0.336 e. The Morgan fingerprint density at radius 3 is 2.71 bits per heavy atom. The van der Waals surface area contributed by atoms with Crippen LogP contribution in [0, 0.1) is 12.8 Å². The maximum absolute atomic E-state index is 12.1. The molecule has 0 N–H and O–H groups in total. The second kappa shape index (κ2) is 4.32. The molecule has 2 aromatic rings. The van der Waals surface area contributed by atoms with Gasteiger partial charge in [-0.25, -0.2) is 0 Å². The largest absolute Gasteiger partial charge is 0.336 e. The van der Waals surface area contributed by atoms with Crippen molar-refractivity contribution in [1.29, 1.82) is 0 Å². The zero-order chi connectivity index (χ0) is 12.6. The number of hydrogen-bond donors (Lipinski definition) is 0. The lowest BCUT2D eigenvalue weighted by Gasteiger charge is -2.16. The fourth-order valence-electron chi connectivity index (χ4n) is 2.21. The topological polar surface area (TPSA) is 34.9 Å². The molecule has 2 rings (SSSR count). The van der Waals surface area contributed by atoms with Gasteiger partial charge in [0.05, 0.1) is 17.8 Å². The van der Waals surface area contributed by atoms with Crippen molar-refractivity contribution in [3.05, 3.63) is 30.2 Å². The van der Waals surface area contributed by atoms with E-state index in [9.17, 15) is 4.79 Å². The lowest BCUT2D eigenvalue weighted by molar-refractivity contribution is -0.124. The molecule has 17 heavy (non-hydrogen) atoms. The average Bonchev–Trinajstić information content (AvgIpc) is 2.65. The van der Waals surface area contributed by atoms with Crippen LogP contribution in [0.25, 0.3) is 10.9 Å². The van der Waals surface area contributed by atoms with E-state index in [2.05, 4.69) is 11.9 Å². The van der Waals surface area contributed by atoms with E-state index in [-0.39, 0.29) is 17.7 Å². The number of ketones is 1. The van der Waals surface area contributed by atoms with E-state index >= 15 is 0 Å². The molecule has 90 valence electrons. The van der Waals surface area contributed by atoms with Gasteiger partial charge < -0.3 is 4.57 Å². The van der Waals surface area contributed by atoms with E-state index in [4.69, 9.17) is 0 Å². The second-order valence-corrected chi connectivity index (χ2v) is 4.85. The standard InChI is InChI=1S/C14H18N2O/c1-9(2)14(17)11(4)16-8-10(3)12-5-6-15-7-13(12)16/h5-9,11H,1-4H3. The Kier molecular flexibility index (Phi) is 3.01. The number of fused-ring (bicyclic) bond motifs is 1. The zero-order valence-corrected chi connectivity index (χ0v) is 10.8. The van der Waals surface area contributed by atoms with Crippen LogP contribution in [0.3, 0.4) is 0 Å². The van der Waals surface area contributed by atoms with Gasteiger partial charge in [-0.05, 0) is 25.5 Å². The van der Waals surface area contributed by atoms with E-state index in [1.807, 2.05) is 43.8 Å². The van der Waals surface area contributed by atoms with Crippen molar-refractivity contribution in [2.45, 2.75) is 33.7 Å². The lowest BCUT2D eigenvalue weighted by Crippen LogP contribution is -2.20. The number of pyridine rings is 1. The maximum Gasteiger partial charge on any atom is 0.157 e. The molecule has 0 aliphatic carbocycles. The first-order valence-corrected chi connectivity index (χ1v) is 5.97. The Morgan fingerprint density at radius 1 is 1.35 bits per heavy atom. The molecule has 3 heteroatoms. The number of rotatable bonds is 3. The molecule has 0 aromatic carbocycles. The van der Waals surface area contributed by atoms with Gasteiger partial charge in [0.25, 0.3) is 0 Å². The van der Waals surface area contributed by atoms with Crippen LogP contribution in [0.2, 0.25) is 0 Å². The molecule has 0 fully saturated rings. The molecule has 1 unspecified atom stereocenters. The predicted molar refractivity (Wildman–Crippen MR) is 69.0 cm³/mol. The molecule has 0 aliphatic heterocycles. The van der Waals surface area contributed by atoms with Crippen LogP contribution in [0.4, 0.5) is 0 Å². The van der Waals surface area contributed by atoms with E-state index in [0.29, 0.717) is 0 Å². The zero-order valence-electron chi connectivity index (χ0n) is 10.8. The van der Waals surface area contributed by atoms with Gasteiger partial charge in [0.2, 0.25) is 0 Å². The highest BCUT2D eigenvalue weighted by atomic mass is 16.1. The van der Waals surface area contributed by atoms with Crippen molar-refractivity contribution in [1.82, 2.24) is 9.55 Å². The van der Waals surface area contributed by atoms with Gasteiger partial charge >= 0.3 is 0 Å². The molecule has 0 saturated heterocycles. The minimum absolute atomic E-state index is 0.0550. The number of carbonyl (C=O) groups is 1. The molecule has 2 heterocycles. The Labute approximate surface area is 101 Å². The first-order chi connectivity index (χ1) is 8.02. The first kappa shape index (κ1) is 11.8. The molecule has 1 atom stereocenters. The smallest absolute Gasteiger partial charge is 0.157 e. The molecule has 0 spiro atoms. The third-order valence-corrected chi connectivity index (χ3v) is 3.23. The van der Waals surface area contributed by atoms with Crippen LogP contribution in [0.15, 0.2) is 24.7 Å². The number of Topliss-reactive ketones (excluding diaryl/α,β-unsaturated/α-hetero) is 1. The van der Waals surface area contributed by atoms with Crippen LogP contribution in [-0.4, -0.2) is 15.3 Å². The summed E-state index contributed by atoms with van der Waals surface area (Å²) in [6.45, 7) is 7.89. The van der Waals surface area contributed by atoms with Crippen LogP contribution in [0.5, 0.6) is 0 Å². The minimum atomic E-state index is -0.129. The summed E-state index contributed by atoms with van der Waals surface area (Å²) >= 11 is 0. The van der Waals surface area contributed by atoms with Crippen LogP contribution < -0.4 is 0 Å². The molecule has 2 aromatic heterocycles. The summed E-state index contributed by atoms with van der Waals surface area (Å²) in [5.41, 5.74) is 2.22. The Balaban J connectivity index is 2.53. The molecule has 0 amide bonds. The van der Waals surface area contributed by atoms with E-state index in [1.54, 1.807) is 6.20 Å². The number of nitrogens with zero attached hydrogens (tertiary/aromatic N) is 2. The van der Waals surface area contributed by atoms with Gasteiger partial charge in [-0.1, -0.05) is 13.8 Å². The quantitative estimate of drug-likeness (QED) is 0.812. The number of hydrogen-bond acceptors (Lipinski definition) is 2. The van der Waals surface area contributed by atoms with Crippen molar-refractivity contribution >= 4 is 16.7 Å². The maximum atomic E-state index is 12.1. The van der Waals surface area contributed by atoms with Crippen molar-refractivity contribution in [2.75, 3.05) is 0 Å². The fourth-order valence-corrected chi connectivity index (χ4v) is 2.21. The number of carbonyl (C=O) groups excluding carboxylic acids is 1. The highest BCUT2D eigenvalue weighted by Crippen LogP contribution is 2.24. The highest BCUT2D eigenvalue weighted by Gasteiger charge is 2.20. The monoisotopic (exact) mass is 230 g/mol. The van der Waals surface area contributed by atoms with Crippen molar-refractivity contribution < 1.29 is 4.79 Å².